The fraction of sp³-hybridized carbons (Fsp3) is 0. The molecule has 0 fully saturated rings. The van der Waals surface area contributed by atoms with Gasteiger partial charge in [-0.05, 0) is 48.5 Å². The van der Waals surface area contributed by atoms with Crippen molar-refractivity contribution in [1.29, 1.82) is 0 Å². The highest BCUT2D eigenvalue weighted by atomic mass is 16.3. The topological polar surface area (TPSA) is 96.3 Å². The molecule has 0 aliphatic rings. The molecule has 0 unspecified atom stereocenters. The van der Waals surface area contributed by atoms with E-state index in [1.54, 1.807) is 12.5 Å². The lowest BCUT2D eigenvalue weighted by Crippen LogP contribution is -1.85. The quantitative estimate of drug-likeness (QED) is 0.484. The molecule has 0 radical (unpaired) electrons. The smallest absolute Gasteiger partial charge is 0.226 e. The Balaban J connectivity index is 1.46. The minimum atomic E-state index is 0.610. The summed E-state index contributed by atoms with van der Waals surface area (Å²) in [5.74, 6) is 0.693. The van der Waals surface area contributed by atoms with E-state index in [0.29, 0.717) is 11.5 Å². The first-order valence-electron chi connectivity index (χ1n) is 8.49. The van der Waals surface area contributed by atoms with Gasteiger partial charge in [-0.25, -0.2) is 19.9 Å². The number of H-pyrrole nitrogens is 2. The minimum absolute atomic E-state index is 0.610. The lowest BCUT2D eigenvalue weighted by atomic mass is 10.2. The molecular formula is C20H12N6O. The van der Waals surface area contributed by atoms with Crippen LogP contribution < -0.4 is 0 Å². The van der Waals surface area contributed by atoms with Crippen LogP contribution in [0.5, 0.6) is 0 Å². The van der Waals surface area contributed by atoms with Gasteiger partial charge in [-0.1, -0.05) is 0 Å². The molecule has 0 amide bonds. The summed E-state index contributed by atoms with van der Waals surface area (Å²) in [6, 6.07) is 15.7. The molecule has 2 N–H and O–H groups in total. The molecule has 7 heteroatoms. The minimum Gasteiger partial charge on any atom is -0.436 e. The van der Waals surface area contributed by atoms with Gasteiger partial charge < -0.3 is 14.4 Å². The number of hydrogen-bond donors (Lipinski definition) is 2. The normalized spacial score (nSPS) is 11.7. The lowest BCUT2D eigenvalue weighted by Gasteiger charge is -1.97. The fourth-order valence-corrected chi connectivity index (χ4v) is 3.26. The van der Waals surface area contributed by atoms with E-state index in [9.17, 15) is 0 Å². The third-order valence-corrected chi connectivity index (χ3v) is 4.58. The molecule has 0 atom stereocenters. The van der Waals surface area contributed by atoms with E-state index in [1.165, 1.54) is 0 Å². The van der Waals surface area contributed by atoms with Gasteiger partial charge in [0.15, 0.2) is 11.4 Å². The molecule has 0 bridgehead atoms. The average Bonchev–Trinajstić information content (AvgIpc) is 3.42. The number of aromatic nitrogens is 6. The van der Waals surface area contributed by atoms with Gasteiger partial charge in [0, 0.05) is 17.0 Å². The van der Waals surface area contributed by atoms with Crippen molar-refractivity contribution in [3.8, 4) is 22.8 Å². The second-order valence-electron chi connectivity index (χ2n) is 6.29. The molecule has 0 aliphatic carbocycles. The van der Waals surface area contributed by atoms with E-state index in [1.807, 2.05) is 48.5 Å². The highest BCUT2D eigenvalue weighted by Gasteiger charge is 2.12. The van der Waals surface area contributed by atoms with Gasteiger partial charge in [-0.2, -0.15) is 0 Å². The van der Waals surface area contributed by atoms with Crippen molar-refractivity contribution in [2.45, 2.75) is 0 Å². The van der Waals surface area contributed by atoms with E-state index in [0.717, 1.165) is 44.7 Å². The van der Waals surface area contributed by atoms with Gasteiger partial charge in [0.1, 0.15) is 16.9 Å². The number of hydrogen-bond acceptors (Lipinski definition) is 5. The first-order valence-corrected chi connectivity index (χ1v) is 8.49. The average molecular weight is 352 g/mol. The summed E-state index contributed by atoms with van der Waals surface area (Å²) in [4.78, 5) is 24.1. The molecule has 0 aliphatic heterocycles. The van der Waals surface area contributed by atoms with Crippen LogP contribution in [0.1, 0.15) is 0 Å². The zero-order valence-corrected chi connectivity index (χ0v) is 14.0. The van der Waals surface area contributed by atoms with Gasteiger partial charge in [0.05, 0.1) is 17.7 Å². The van der Waals surface area contributed by atoms with Crippen LogP contribution in [0.25, 0.3) is 56.1 Å². The van der Waals surface area contributed by atoms with Crippen LogP contribution in [0.15, 0.2) is 65.5 Å². The maximum absolute atomic E-state index is 5.82. The van der Waals surface area contributed by atoms with Crippen molar-refractivity contribution in [1.82, 2.24) is 29.9 Å². The van der Waals surface area contributed by atoms with E-state index in [4.69, 9.17) is 9.40 Å². The predicted molar refractivity (Wildman–Crippen MR) is 102 cm³/mol. The Morgan fingerprint density at radius 3 is 2.70 bits per heavy atom. The van der Waals surface area contributed by atoms with Crippen molar-refractivity contribution >= 4 is 33.3 Å². The van der Waals surface area contributed by atoms with Crippen molar-refractivity contribution in [3.05, 3.63) is 61.1 Å². The highest BCUT2D eigenvalue weighted by Crippen LogP contribution is 2.28. The zero-order chi connectivity index (χ0) is 17.8. The summed E-state index contributed by atoms with van der Waals surface area (Å²) < 4.78 is 5.82. The molecule has 27 heavy (non-hydrogen) atoms. The van der Waals surface area contributed by atoms with Crippen LogP contribution in [-0.4, -0.2) is 29.9 Å². The molecule has 0 saturated heterocycles. The summed E-state index contributed by atoms with van der Waals surface area (Å²) in [6.45, 7) is 0. The number of aromatic amines is 2. The van der Waals surface area contributed by atoms with Gasteiger partial charge >= 0.3 is 0 Å². The molecular weight excluding hydrogens is 340 g/mol. The first-order chi connectivity index (χ1) is 13.3. The Bertz CT molecular complexity index is 1410. The van der Waals surface area contributed by atoms with Crippen LogP contribution in [0.3, 0.4) is 0 Å². The zero-order valence-electron chi connectivity index (χ0n) is 14.0. The highest BCUT2D eigenvalue weighted by molar-refractivity contribution is 5.86. The molecule has 6 heterocycles. The number of pyridine rings is 3. The van der Waals surface area contributed by atoms with Crippen LogP contribution in [-0.2, 0) is 0 Å². The third kappa shape index (κ3) is 2.22. The summed E-state index contributed by atoms with van der Waals surface area (Å²) in [6.07, 6.45) is 3.36. The summed E-state index contributed by atoms with van der Waals surface area (Å²) >= 11 is 0. The van der Waals surface area contributed by atoms with Crippen LogP contribution >= 0.6 is 0 Å². The Morgan fingerprint density at radius 1 is 0.815 bits per heavy atom. The number of nitrogens with zero attached hydrogens (tertiary/aromatic N) is 4. The number of rotatable bonds is 2. The van der Waals surface area contributed by atoms with Crippen molar-refractivity contribution in [2.75, 3.05) is 0 Å². The maximum Gasteiger partial charge on any atom is 0.226 e. The number of fused-ring (bicyclic) bond motifs is 3. The summed E-state index contributed by atoms with van der Waals surface area (Å²) in [7, 11) is 0. The molecule has 6 aromatic heterocycles. The number of nitrogens with one attached hydrogen (secondary N) is 2. The van der Waals surface area contributed by atoms with Crippen LogP contribution in [0.4, 0.5) is 0 Å². The molecule has 6 rings (SSSR count). The first kappa shape index (κ1) is 14.2. The molecule has 7 nitrogen and oxygen atoms in total. The molecule has 0 aromatic carbocycles. The molecule has 0 saturated carbocycles. The Kier molecular flexibility index (Phi) is 2.76. The Labute approximate surface area is 152 Å². The third-order valence-electron chi connectivity index (χ3n) is 4.58. The second-order valence-corrected chi connectivity index (χ2v) is 6.29. The van der Waals surface area contributed by atoms with Crippen molar-refractivity contribution in [3.63, 3.8) is 0 Å². The van der Waals surface area contributed by atoms with Crippen molar-refractivity contribution in [2.24, 2.45) is 0 Å². The van der Waals surface area contributed by atoms with Crippen LogP contribution in [0, 0.1) is 0 Å². The van der Waals surface area contributed by atoms with E-state index >= 15 is 0 Å². The van der Waals surface area contributed by atoms with Gasteiger partial charge in [0.2, 0.25) is 5.71 Å². The summed E-state index contributed by atoms with van der Waals surface area (Å²) in [5.41, 5.74) is 5.48. The van der Waals surface area contributed by atoms with Gasteiger partial charge in [0.25, 0.3) is 0 Å². The number of imidazole rings is 1. The van der Waals surface area contributed by atoms with E-state index in [-0.39, 0.29) is 0 Å². The monoisotopic (exact) mass is 352 g/mol. The summed E-state index contributed by atoms with van der Waals surface area (Å²) in [5, 5.41) is 1.97. The van der Waals surface area contributed by atoms with E-state index < -0.39 is 0 Å². The molecule has 6 aromatic rings. The van der Waals surface area contributed by atoms with Gasteiger partial charge in [-0.3, -0.25) is 0 Å². The van der Waals surface area contributed by atoms with Crippen LogP contribution in [0.2, 0.25) is 0 Å². The van der Waals surface area contributed by atoms with Gasteiger partial charge in [-0.15, -0.1) is 0 Å². The van der Waals surface area contributed by atoms with Crippen molar-refractivity contribution < 1.29 is 4.42 Å². The Hall–Kier alpha value is -4.00. The second kappa shape index (κ2) is 5.25. The SMILES string of the molecule is c1cnc2oc(-c3ccc4cc(-c5ccc6nc[nH]c6n5)[nH]c4n3)cc2c1. The molecule has 128 valence electrons. The Morgan fingerprint density at radius 2 is 1.74 bits per heavy atom. The number of furan rings is 1. The fourth-order valence-electron chi connectivity index (χ4n) is 3.26. The molecule has 0 spiro atoms. The lowest BCUT2D eigenvalue weighted by molar-refractivity contribution is 0.616. The van der Waals surface area contributed by atoms with E-state index in [2.05, 4.69) is 24.9 Å². The predicted octanol–water partition coefficient (Wildman–Crippen LogP) is 4.31. The maximum atomic E-state index is 5.82. The largest absolute Gasteiger partial charge is 0.436 e. The standard InChI is InChI=1S/C20H12N6O/c1-2-12-9-17(27-20(12)21-7-1)14-4-3-11-8-16(26-18(11)25-14)13-5-6-15-19(24-13)23-10-22-15/h1-10H,(H,25,26)(H,22,23,24).